The van der Waals surface area contributed by atoms with Crippen molar-refractivity contribution in [2.75, 3.05) is 0 Å². The van der Waals surface area contributed by atoms with E-state index < -0.39 is 0 Å². The fourth-order valence-corrected chi connectivity index (χ4v) is 3.94. The third-order valence-electron chi connectivity index (χ3n) is 5.27. The molecule has 18 heavy (non-hydrogen) atoms. The Bertz CT molecular complexity index is 234. The lowest BCUT2D eigenvalue weighted by molar-refractivity contribution is 0.212. The normalized spacial score (nSPS) is 32.2. The minimum atomic E-state index is 0.514. The Hall–Kier alpha value is -0.0400. The first kappa shape index (κ1) is 14.4. The summed E-state index contributed by atoms with van der Waals surface area (Å²) in [6.45, 7) is 7.27. The zero-order valence-corrected chi connectivity index (χ0v) is 12.8. The highest BCUT2D eigenvalue weighted by Crippen LogP contribution is 2.37. The Morgan fingerprint density at radius 1 is 0.667 bits per heavy atom. The molecule has 2 atom stereocenters. The molecule has 2 aliphatic rings. The van der Waals surface area contributed by atoms with Gasteiger partial charge in [-0.1, -0.05) is 46.5 Å². The van der Waals surface area contributed by atoms with E-state index in [2.05, 4.69) is 26.1 Å². The van der Waals surface area contributed by atoms with Crippen LogP contribution in [0.3, 0.4) is 0 Å². The smallest absolute Gasteiger partial charge is 0.00697 e. The minimum Gasteiger partial charge on any atom is -0.311 e. The number of hydrogen-bond donors (Lipinski definition) is 1. The van der Waals surface area contributed by atoms with Crippen LogP contribution in [0.15, 0.2) is 0 Å². The molecule has 0 aromatic carbocycles. The largest absolute Gasteiger partial charge is 0.311 e. The molecule has 106 valence electrons. The highest BCUT2D eigenvalue weighted by Gasteiger charge is 2.28. The van der Waals surface area contributed by atoms with Crippen LogP contribution >= 0.6 is 0 Å². The molecule has 1 heteroatoms. The van der Waals surface area contributed by atoms with Crippen LogP contribution in [0, 0.1) is 11.3 Å². The van der Waals surface area contributed by atoms with Crippen LogP contribution in [0.1, 0.15) is 85.0 Å². The maximum absolute atomic E-state index is 3.97. The number of nitrogens with one attached hydrogen (secondary N) is 1. The van der Waals surface area contributed by atoms with Crippen molar-refractivity contribution in [3.8, 4) is 0 Å². The van der Waals surface area contributed by atoms with E-state index in [0.717, 1.165) is 18.0 Å². The van der Waals surface area contributed by atoms with Crippen molar-refractivity contribution in [3.63, 3.8) is 0 Å². The first-order valence-electron chi connectivity index (χ1n) is 8.32. The SMILES string of the molecule is CC(C)(C)C1CCCC(NC2CCCCC2)CC1. The zero-order chi connectivity index (χ0) is 13.0. The van der Waals surface area contributed by atoms with Gasteiger partial charge in [-0.2, -0.15) is 0 Å². The Morgan fingerprint density at radius 3 is 1.94 bits per heavy atom. The van der Waals surface area contributed by atoms with Crippen molar-refractivity contribution in [3.05, 3.63) is 0 Å². The summed E-state index contributed by atoms with van der Waals surface area (Å²) < 4.78 is 0. The molecule has 0 radical (unpaired) electrons. The molecular weight excluding hydrogens is 218 g/mol. The topological polar surface area (TPSA) is 12.0 Å². The Morgan fingerprint density at radius 2 is 1.28 bits per heavy atom. The Balaban J connectivity index is 1.78. The molecule has 0 heterocycles. The Kier molecular flexibility index (Phi) is 5.12. The van der Waals surface area contributed by atoms with E-state index >= 15 is 0 Å². The summed E-state index contributed by atoms with van der Waals surface area (Å²) in [4.78, 5) is 0. The summed E-state index contributed by atoms with van der Waals surface area (Å²) in [5, 5.41) is 3.97. The predicted octanol–water partition coefficient (Wildman–Crippen LogP) is 4.90. The van der Waals surface area contributed by atoms with Crippen molar-refractivity contribution in [1.82, 2.24) is 5.32 Å². The second kappa shape index (κ2) is 6.41. The van der Waals surface area contributed by atoms with Gasteiger partial charge in [0.05, 0.1) is 0 Å². The highest BCUT2D eigenvalue weighted by molar-refractivity contribution is 4.83. The van der Waals surface area contributed by atoms with Crippen molar-refractivity contribution in [2.45, 2.75) is 97.1 Å². The molecule has 1 N–H and O–H groups in total. The van der Waals surface area contributed by atoms with E-state index in [0.29, 0.717) is 5.41 Å². The third-order valence-corrected chi connectivity index (χ3v) is 5.27. The van der Waals surface area contributed by atoms with E-state index in [1.807, 2.05) is 0 Å². The predicted molar refractivity (Wildman–Crippen MR) is 79.8 cm³/mol. The first-order valence-corrected chi connectivity index (χ1v) is 8.32. The molecule has 0 aliphatic heterocycles. The van der Waals surface area contributed by atoms with E-state index in [4.69, 9.17) is 0 Å². The molecule has 0 bridgehead atoms. The number of hydrogen-bond acceptors (Lipinski definition) is 1. The summed E-state index contributed by atoms with van der Waals surface area (Å²) in [6, 6.07) is 1.66. The molecule has 2 fully saturated rings. The van der Waals surface area contributed by atoms with Gasteiger partial charge in [-0.25, -0.2) is 0 Å². The molecule has 2 saturated carbocycles. The van der Waals surface area contributed by atoms with Crippen LogP contribution in [-0.4, -0.2) is 12.1 Å². The average molecular weight is 251 g/mol. The van der Waals surface area contributed by atoms with Crippen LogP contribution in [0.2, 0.25) is 0 Å². The van der Waals surface area contributed by atoms with Gasteiger partial charge < -0.3 is 5.32 Å². The molecule has 0 amide bonds. The van der Waals surface area contributed by atoms with Crippen LogP contribution < -0.4 is 5.32 Å². The standard InChI is InChI=1S/C17H33N/c1-17(2,3)14-8-7-11-16(13-12-14)18-15-9-5-4-6-10-15/h14-16,18H,4-13H2,1-3H3. The monoisotopic (exact) mass is 251 g/mol. The molecule has 0 saturated heterocycles. The maximum Gasteiger partial charge on any atom is 0.00697 e. The summed E-state index contributed by atoms with van der Waals surface area (Å²) in [6.07, 6.45) is 14.4. The van der Waals surface area contributed by atoms with E-state index in [1.54, 1.807) is 0 Å². The number of rotatable bonds is 2. The zero-order valence-electron chi connectivity index (χ0n) is 12.8. The molecular formula is C17H33N. The quantitative estimate of drug-likeness (QED) is 0.688. The van der Waals surface area contributed by atoms with Gasteiger partial charge >= 0.3 is 0 Å². The van der Waals surface area contributed by atoms with Crippen LogP contribution in [-0.2, 0) is 0 Å². The molecule has 2 aliphatic carbocycles. The minimum absolute atomic E-state index is 0.514. The van der Waals surface area contributed by atoms with Gasteiger partial charge in [-0.3, -0.25) is 0 Å². The average Bonchev–Trinajstić information content (AvgIpc) is 2.55. The van der Waals surface area contributed by atoms with Gasteiger partial charge in [0.1, 0.15) is 0 Å². The van der Waals surface area contributed by atoms with Crippen molar-refractivity contribution in [1.29, 1.82) is 0 Å². The van der Waals surface area contributed by atoms with Crippen LogP contribution in [0.5, 0.6) is 0 Å². The van der Waals surface area contributed by atoms with E-state index in [9.17, 15) is 0 Å². The van der Waals surface area contributed by atoms with Crippen molar-refractivity contribution >= 4 is 0 Å². The summed E-state index contributed by atoms with van der Waals surface area (Å²) in [7, 11) is 0. The van der Waals surface area contributed by atoms with E-state index in [1.165, 1.54) is 64.2 Å². The molecule has 2 rings (SSSR count). The fraction of sp³-hybridized carbons (Fsp3) is 1.00. The van der Waals surface area contributed by atoms with Gasteiger partial charge in [0.25, 0.3) is 0 Å². The molecule has 2 unspecified atom stereocenters. The summed E-state index contributed by atoms with van der Waals surface area (Å²) >= 11 is 0. The van der Waals surface area contributed by atoms with Gasteiger partial charge in [-0.05, 0) is 49.9 Å². The summed E-state index contributed by atoms with van der Waals surface area (Å²) in [5.41, 5.74) is 0.514. The molecule has 0 aromatic heterocycles. The Labute approximate surface area is 114 Å². The fourth-order valence-electron chi connectivity index (χ4n) is 3.94. The lowest BCUT2D eigenvalue weighted by atomic mass is 9.76. The van der Waals surface area contributed by atoms with Crippen molar-refractivity contribution < 1.29 is 0 Å². The highest BCUT2D eigenvalue weighted by atomic mass is 14.9. The van der Waals surface area contributed by atoms with Crippen LogP contribution in [0.25, 0.3) is 0 Å². The van der Waals surface area contributed by atoms with Gasteiger partial charge in [0, 0.05) is 12.1 Å². The lowest BCUT2D eigenvalue weighted by Crippen LogP contribution is -2.39. The first-order chi connectivity index (χ1) is 8.55. The van der Waals surface area contributed by atoms with E-state index in [-0.39, 0.29) is 0 Å². The lowest BCUT2D eigenvalue weighted by Gasteiger charge is -2.30. The van der Waals surface area contributed by atoms with Crippen LogP contribution in [0.4, 0.5) is 0 Å². The van der Waals surface area contributed by atoms with Crippen molar-refractivity contribution in [2.24, 2.45) is 11.3 Å². The van der Waals surface area contributed by atoms with Gasteiger partial charge in [0.2, 0.25) is 0 Å². The molecule has 0 aromatic rings. The maximum atomic E-state index is 3.97. The second-order valence-electron chi connectivity index (χ2n) is 7.77. The third kappa shape index (κ3) is 4.26. The second-order valence-corrected chi connectivity index (χ2v) is 7.77. The van der Waals surface area contributed by atoms with Gasteiger partial charge in [-0.15, -0.1) is 0 Å². The van der Waals surface area contributed by atoms with Gasteiger partial charge in [0.15, 0.2) is 0 Å². The summed E-state index contributed by atoms with van der Waals surface area (Å²) in [5.74, 6) is 0.940. The molecule has 0 spiro atoms. The molecule has 1 nitrogen and oxygen atoms in total.